The number of amides is 5. The summed E-state index contributed by atoms with van der Waals surface area (Å²) in [5, 5.41) is 37.6. The van der Waals surface area contributed by atoms with Crippen LogP contribution in [0, 0.1) is 11.8 Å². The Balaban J connectivity index is 2.98. The van der Waals surface area contributed by atoms with Gasteiger partial charge in [0.05, 0.1) is 25.1 Å². The van der Waals surface area contributed by atoms with Gasteiger partial charge in [-0.05, 0) is 31.6 Å². The molecule has 0 saturated carbocycles. The van der Waals surface area contributed by atoms with E-state index in [-0.39, 0.29) is 18.9 Å². The van der Waals surface area contributed by atoms with Crippen LogP contribution in [0.1, 0.15) is 60.3 Å². The van der Waals surface area contributed by atoms with E-state index < -0.39 is 96.7 Å². The number of hydrogen-bond acceptors (Lipinski definition) is 9. The second-order valence-electron chi connectivity index (χ2n) is 10.8. The molecule has 0 aromatic rings. The van der Waals surface area contributed by atoms with Crippen molar-refractivity contribution in [1.29, 1.82) is 0 Å². The number of aliphatic carboxylic acids is 2. The second-order valence-corrected chi connectivity index (χ2v) is 10.8. The van der Waals surface area contributed by atoms with Crippen LogP contribution in [0.4, 0.5) is 0 Å². The fourth-order valence-electron chi connectivity index (χ4n) is 4.34. The van der Waals surface area contributed by atoms with Gasteiger partial charge in [0.2, 0.25) is 29.5 Å². The predicted molar refractivity (Wildman–Crippen MR) is 147 cm³/mol. The van der Waals surface area contributed by atoms with Crippen LogP contribution in [0.15, 0.2) is 0 Å². The van der Waals surface area contributed by atoms with Gasteiger partial charge < -0.3 is 47.2 Å². The number of rotatable bonds is 16. The average Bonchev–Trinajstić information content (AvgIpc) is 3.40. The number of likely N-dealkylation sites (tertiary alicyclic amines) is 1. The van der Waals surface area contributed by atoms with Gasteiger partial charge in [-0.3, -0.25) is 28.8 Å². The van der Waals surface area contributed by atoms with E-state index in [0.717, 1.165) is 4.90 Å². The Morgan fingerprint density at radius 1 is 0.929 bits per heavy atom. The van der Waals surface area contributed by atoms with E-state index in [4.69, 9.17) is 5.73 Å². The minimum atomic E-state index is -1.61. The van der Waals surface area contributed by atoms with Gasteiger partial charge in [-0.25, -0.2) is 4.79 Å². The standard InChI is InChI=1S/C26H44N6O10/c1-6-13(4)19(27)23(38)28-11-17(34)29-15(10-18(35)36)25(40)32-9-7-8-16(32)22(37)30-20(12(2)3)24(39)31-21(14(5)33)26(41)42/h12-16,19-21,33H,6-11,27H2,1-5H3,(H,28,38)(H,29,34)(H,30,37)(H,31,39)(H,35,36)(H,41,42)/t13-,14+,15-,16-,19-,20-,21-/m0/s1. The first-order valence-corrected chi connectivity index (χ1v) is 13.9. The van der Waals surface area contributed by atoms with Crippen molar-refractivity contribution in [3.8, 4) is 0 Å². The maximum absolute atomic E-state index is 13.3. The predicted octanol–water partition coefficient (Wildman–Crippen LogP) is -2.48. The molecule has 9 N–H and O–H groups in total. The third-order valence-corrected chi connectivity index (χ3v) is 7.13. The Hall–Kier alpha value is -3.79. The maximum atomic E-state index is 13.3. The molecule has 1 fully saturated rings. The molecule has 238 valence electrons. The van der Waals surface area contributed by atoms with Crippen molar-refractivity contribution < 1.29 is 48.9 Å². The van der Waals surface area contributed by atoms with Crippen molar-refractivity contribution in [3.63, 3.8) is 0 Å². The summed E-state index contributed by atoms with van der Waals surface area (Å²) >= 11 is 0. The highest BCUT2D eigenvalue weighted by atomic mass is 16.4. The average molecular weight is 601 g/mol. The first kappa shape index (κ1) is 36.2. The van der Waals surface area contributed by atoms with Crippen LogP contribution >= 0.6 is 0 Å². The van der Waals surface area contributed by atoms with E-state index >= 15 is 0 Å². The van der Waals surface area contributed by atoms with E-state index in [1.807, 2.05) is 6.92 Å². The first-order valence-electron chi connectivity index (χ1n) is 13.9. The second kappa shape index (κ2) is 16.6. The van der Waals surface area contributed by atoms with Gasteiger partial charge in [-0.15, -0.1) is 0 Å². The van der Waals surface area contributed by atoms with Gasteiger partial charge in [0.1, 0.15) is 18.1 Å². The quantitative estimate of drug-likeness (QED) is 0.0919. The van der Waals surface area contributed by atoms with E-state index in [1.54, 1.807) is 20.8 Å². The third-order valence-electron chi connectivity index (χ3n) is 7.13. The van der Waals surface area contributed by atoms with Crippen molar-refractivity contribution in [3.05, 3.63) is 0 Å². The lowest BCUT2D eigenvalue weighted by molar-refractivity contribution is -0.146. The highest BCUT2D eigenvalue weighted by Crippen LogP contribution is 2.20. The SMILES string of the molecule is CC[C@H](C)[C@H](N)C(=O)NCC(=O)N[C@@H](CC(=O)O)C(=O)N1CCC[C@H]1C(=O)N[C@H](C(=O)N[C@H](C(=O)O)[C@@H](C)O)C(C)C. The zero-order valence-electron chi connectivity index (χ0n) is 24.6. The smallest absolute Gasteiger partial charge is 0.328 e. The van der Waals surface area contributed by atoms with E-state index in [2.05, 4.69) is 21.3 Å². The minimum Gasteiger partial charge on any atom is -0.481 e. The molecule has 0 aromatic heterocycles. The fraction of sp³-hybridized carbons (Fsp3) is 0.731. The number of aliphatic hydroxyl groups excluding tert-OH is 1. The molecule has 0 spiro atoms. The van der Waals surface area contributed by atoms with E-state index in [1.165, 1.54) is 6.92 Å². The molecule has 1 aliphatic heterocycles. The maximum Gasteiger partial charge on any atom is 0.328 e. The summed E-state index contributed by atoms with van der Waals surface area (Å²) in [6.45, 7) is 7.54. The van der Waals surface area contributed by atoms with Gasteiger partial charge in [0, 0.05) is 6.54 Å². The summed E-state index contributed by atoms with van der Waals surface area (Å²) in [4.78, 5) is 88.0. The molecule has 7 atom stereocenters. The molecule has 0 aromatic carbocycles. The highest BCUT2D eigenvalue weighted by molar-refractivity contribution is 5.97. The molecule has 16 nitrogen and oxygen atoms in total. The molecule has 1 saturated heterocycles. The van der Waals surface area contributed by atoms with E-state index in [0.29, 0.717) is 12.8 Å². The Bertz CT molecular complexity index is 1020. The number of nitrogens with one attached hydrogen (secondary N) is 4. The summed E-state index contributed by atoms with van der Waals surface area (Å²) in [7, 11) is 0. The molecule has 1 aliphatic rings. The molecular formula is C26H44N6O10. The number of nitrogens with zero attached hydrogens (tertiary/aromatic N) is 1. The minimum absolute atomic E-state index is 0.0745. The molecule has 1 heterocycles. The largest absolute Gasteiger partial charge is 0.481 e. The first-order chi connectivity index (χ1) is 19.5. The van der Waals surface area contributed by atoms with Crippen LogP contribution in [0.25, 0.3) is 0 Å². The highest BCUT2D eigenvalue weighted by Gasteiger charge is 2.40. The van der Waals surface area contributed by atoms with Crippen molar-refractivity contribution in [2.45, 2.75) is 96.6 Å². The Morgan fingerprint density at radius 3 is 2.05 bits per heavy atom. The lowest BCUT2D eigenvalue weighted by Gasteiger charge is -2.30. The number of carbonyl (C=O) groups is 7. The van der Waals surface area contributed by atoms with Gasteiger partial charge >= 0.3 is 11.9 Å². The number of carboxylic acid groups (broad SMARTS) is 2. The summed E-state index contributed by atoms with van der Waals surface area (Å²) in [5.41, 5.74) is 5.84. The summed E-state index contributed by atoms with van der Waals surface area (Å²) in [5.74, 6) is -7.35. The molecule has 0 aliphatic carbocycles. The molecule has 0 bridgehead atoms. The lowest BCUT2D eigenvalue weighted by atomic mass is 9.99. The van der Waals surface area contributed by atoms with Crippen molar-refractivity contribution >= 4 is 41.5 Å². The van der Waals surface area contributed by atoms with Gasteiger partial charge in [0.15, 0.2) is 6.04 Å². The summed E-state index contributed by atoms with van der Waals surface area (Å²) in [6.07, 6.45) is -1.00. The van der Waals surface area contributed by atoms with Gasteiger partial charge in [-0.2, -0.15) is 0 Å². The van der Waals surface area contributed by atoms with Gasteiger partial charge in [0.25, 0.3) is 0 Å². The van der Waals surface area contributed by atoms with Crippen LogP contribution < -0.4 is 27.0 Å². The van der Waals surface area contributed by atoms with Crippen LogP contribution in [0.2, 0.25) is 0 Å². The molecule has 1 rings (SSSR count). The molecule has 0 radical (unpaired) electrons. The van der Waals surface area contributed by atoms with Crippen LogP contribution in [0.3, 0.4) is 0 Å². The number of aliphatic hydroxyl groups is 1. The van der Waals surface area contributed by atoms with Crippen LogP contribution in [0.5, 0.6) is 0 Å². The molecule has 16 heteroatoms. The third kappa shape index (κ3) is 10.6. The fourth-order valence-corrected chi connectivity index (χ4v) is 4.34. The van der Waals surface area contributed by atoms with Crippen molar-refractivity contribution in [1.82, 2.24) is 26.2 Å². The van der Waals surface area contributed by atoms with Crippen molar-refractivity contribution in [2.24, 2.45) is 17.6 Å². The van der Waals surface area contributed by atoms with Crippen molar-refractivity contribution in [2.75, 3.05) is 13.1 Å². The van der Waals surface area contributed by atoms with Gasteiger partial charge in [-0.1, -0.05) is 34.1 Å². The monoisotopic (exact) mass is 600 g/mol. The molecule has 0 unspecified atom stereocenters. The topological polar surface area (TPSA) is 258 Å². The Morgan fingerprint density at radius 2 is 1.55 bits per heavy atom. The number of hydrogen-bond donors (Lipinski definition) is 8. The number of carbonyl (C=O) groups excluding carboxylic acids is 5. The summed E-state index contributed by atoms with van der Waals surface area (Å²) in [6, 6.07) is -6.33. The molecule has 42 heavy (non-hydrogen) atoms. The summed E-state index contributed by atoms with van der Waals surface area (Å²) < 4.78 is 0. The zero-order chi connectivity index (χ0) is 32.3. The molecular weight excluding hydrogens is 556 g/mol. The molecule has 5 amide bonds. The van der Waals surface area contributed by atoms with E-state index in [9.17, 15) is 48.9 Å². The number of nitrogens with two attached hydrogens (primary N) is 1. The van der Waals surface area contributed by atoms with Crippen LogP contribution in [-0.4, -0.2) is 111 Å². The lowest BCUT2D eigenvalue weighted by Crippen LogP contribution is -2.59. The van der Waals surface area contributed by atoms with Crippen LogP contribution in [-0.2, 0) is 33.6 Å². The Labute approximate surface area is 244 Å². The normalized spacial score (nSPS) is 19.0. The zero-order valence-corrected chi connectivity index (χ0v) is 24.6. The Kier molecular flexibility index (Phi) is 14.3. The number of carboxylic acids is 2.